The van der Waals surface area contributed by atoms with Gasteiger partial charge in [0.1, 0.15) is 0 Å². The average molecular weight is 341 g/mol. The lowest BCUT2D eigenvalue weighted by atomic mass is 10.0. The Hall–Kier alpha value is -3.73. The second kappa shape index (κ2) is 6.64. The highest BCUT2D eigenvalue weighted by molar-refractivity contribution is 6.10. The Morgan fingerprint density at radius 1 is 0.731 bits per heavy atom. The van der Waals surface area contributed by atoms with Gasteiger partial charge < -0.3 is 4.98 Å². The molecule has 3 aromatic carbocycles. The van der Waals surface area contributed by atoms with Gasteiger partial charge in [-0.15, -0.1) is 0 Å². The zero-order valence-electron chi connectivity index (χ0n) is 13.8. The Morgan fingerprint density at radius 3 is 2.08 bits per heavy atom. The van der Waals surface area contributed by atoms with Gasteiger partial charge in [-0.3, -0.25) is 14.9 Å². The maximum atomic E-state index is 12.4. The smallest absolute Gasteiger partial charge is 0.257 e. The Bertz CT molecular complexity index is 1050. The van der Waals surface area contributed by atoms with E-state index in [4.69, 9.17) is 0 Å². The van der Waals surface area contributed by atoms with Gasteiger partial charge in [-0.2, -0.15) is 0 Å². The minimum atomic E-state index is -0.289. The van der Waals surface area contributed by atoms with Crippen LogP contribution in [0.3, 0.4) is 0 Å². The summed E-state index contributed by atoms with van der Waals surface area (Å²) in [4.78, 5) is 32.2. The molecule has 0 saturated heterocycles. The number of nitrogens with zero attached hydrogens (tertiary/aromatic N) is 1. The first kappa shape index (κ1) is 15.8. The number of carbonyl (C=O) groups excluding carboxylic acids is 2. The van der Waals surface area contributed by atoms with E-state index in [2.05, 4.69) is 15.3 Å². The van der Waals surface area contributed by atoms with Crippen LogP contribution in [0.4, 0.5) is 5.95 Å². The third-order valence-corrected chi connectivity index (χ3v) is 4.07. The van der Waals surface area contributed by atoms with E-state index in [-0.39, 0.29) is 11.7 Å². The third-order valence-electron chi connectivity index (χ3n) is 4.07. The first-order valence-corrected chi connectivity index (χ1v) is 8.16. The number of para-hydroxylation sites is 2. The number of hydrogen-bond acceptors (Lipinski definition) is 3. The molecule has 0 unspecified atom stereocenters. The van der Waals surface area contributed by atoms with Crippen molar-refractivity contribution in [3.05, 3.63) is 95.6 Å². The van der Waals surface area contributed by atoms with Crippen molar-refractivity contribution in [3.63, 3.8) is 0 Å². The highest BCUT2D eigenvalue weighted by Gasteiger charge is 2.12. The number of ketones is 1. The van der Waals surface area contributed by atoms with E-state index >= 15 is 0 Å². The van der Waals surface area contributed by atoms with Crippen molar-refractivity contribution in [2.24, 2.45) is 0 Å². The lowest BCUT2D eigenvalue weighted by Gasteiger charge is -2.04. The molecule has 5 nitrogen and oxygen atoms in total. The number of rotatable bonds is 4. The molecule has 126 valence electrons. The van der Waals surface area contributed by atoms with Crippen LogP contribution in [0.5, 0.6) is 0 Å². The fourth-order valence-corrected chi connectivity index (χ4v) is 2.72. The van der Waals surface area contributed by atoms with Crippen LogP contribution >= 0.6 is 0 Å². The van der Waals surface area contributed by atoms with Gasteiger partial charge in [0.15, 0.2) is 5.78 Å². The van der Waals surface area contributed by atoms with Gasteiger partial charge in [-0.1, -0.05) is 54.6 Å². The van der Waals surface area contributed by atoms with E-state index in [9.17, 15) is 9.59 Å². The van der Waals surface area contributed by atoms with Gasteiger partial charge in [0.2, 0.25) is 5.95 Å². The van der Waals surface area contributed by atoms with Gasteiger partial charge in [0.25, 0.3) is 5.91 Å². The van der Waals surface area contributed by atoms with Crippen LogP contribution in [0.15, 0.2) is 78.9 Å². The van der Waals surface area contributed by atoms with Crippen molar-refractivity contribution in [1.29, 1.82) is 0 Å². The third kappa shape index (κ3) is 3.10. The second-order valence-corrected chi connectivity index (χ2v) is 5.83. The maximum Gasteiger partial charge on any atom is 0.257 e. The predicted molar refractivity (Wildman–Crippen MR) is 100 cm³/mol. The summed E-state index contributed by atoms with van der Waals surface area (Å²) in [6, 6.07) is 23.2. The standard InChI is InChI=1S/C21H15N3O2/c25-19(14-6-2-1-3-7-14)15-10-12-16(13-11-15)20(26)24-21-22-17-8-4-5-9-18(17)23-21/h1-13H,(H2,22,23,24,26). The molecule has 0 aliphatic rings. The topological polar surface area (TPSA) is 74.8 Å². The van der Waals surface area contributed by atoms with Crippen molar-refractivity contribution < 1.29 is 9.59 Å². The average Bonchev–Trinajstić information content (AvgIpc) is 3.10. The predicted octanol–water partition coefficient (Wildman–Crippen LogP) is 4.05. The Kier molecular flexibility index (Phi) is 4.03. The number of aromatic nitrogens is 2. The fraction of sp³-hybridized carbons (Fsp3) is 0. The molecule has 2 N–H and O–H groups in total. The van der Waals surface area contributed by atoms with E-state index in [0.29, 0.717) is 22.6 Å². The molecule has 0 atom stereocenters. The normalized spacial score (nSPS) is 10.6. The lowest BCUT2D eigenvalue weighted by molar-refractivity contribution is 0.101. The quantitative estimate of drug-likeness (QED) is 0.550. The summed E-state index contributed by atoms with van der Waals surface area (Å²) >= 11 is 0. The molecule has 1 heterocycles. The zero-order valence-corrected chi connectivity index (χ0v) is 13.8. The van der Waals surface area contributed by atoms with E-state index in [1.807, 2.05) is 42.5 Å². The summed E-state index contributed by atoms with van der Waals surface area (Å²) in [6.07, 6.45) is 0. The highest BCUT2D eigenvalue weighted by atomic mass is 16.1. The molecule has 0 aliphatic heterocycles. The SMILES string of the molecule is O=C(Nc1nc2ccccc2[nH]1)c1ccc(C(=O)c2ccccc2)cc1. The maximum absolute atomic E-state index is 12.4. The van der Waals surface area contributed by atoms with Crippen molar-refractivity contribution in [1.82, 2.24) is 9.97 Å². The first-order chi connectivity index (χ1) is 12.7. The summed E-state index contributed by atoms with van der Waals surface area (Å²) in [6.45, 7) is 0. The van der Waals surface area contributed by atoms with Crippen LogP contribution in [-0.2, 0) is 0 Å². The van der Waals surface area contributed by atoms with Gasteiger partial charge in [0.05, 0.1) is 11.0 Å². The number of imidazole rings is 1. The fourth-order valence-electron chi connectivity index (χ4n) is 2.72. The summed E-state index contributed by atoms with van der Waals surface area (Å²) in [7, 11) is 0. The molecular weight excluding hydrogens is 326 g/mol. The van der Waals surface area contributed by atoms with E-state index in [0.717, 1.165) is 11.0 Å². The lowest BCUT2D eigenvalue weighted by Crippen LogP contribution is -2.13. The molecule has 26 heavy (non-hydrogen) atoms. The minimum Gasteiger partial charge on any atom is -0.324 e. The van der Waals surface area contributed by atoms with Crippen LogP contribution in [0.2, 0.25) is 0 Å². The Balaban J connectivity index is 1.51. The van der Waals surface area contributed by atoms with E-state index < -0.39 is 0 Å². The summed E-state index contributed by atoms with van der Waals surface area (Å²) in [5, 5.41) is 2.74. The van der Waals surface area contributed by atoms with Gasteiger partial charge in [0, 0.05) is 16.7 Å². The Morgan fingerprint density at radius 2 is 1.35 bits per heavy atom. The highest BCUT2D eigenvalue weighted by Crippen LogP contribution is 2.15. The molecule has 4 aromatic rings. The molecule has 4 rings (SSSR count). The molecule has 0 fully saturated rings. The summed E-state index contributed by atoms with van der Waals surface area (Å²) in [5.41, 5.74) is 3.25. The number of hydrogen-bond donors (Lipinski definition) is 2. The summed E-state index contributed by atoms with van der Waals surface area (Å²) in [5.74, 6) is 0.0262. The number of carbonyl (C=O) groups is 2. The number of H-pyrrole nitrogens is 1. The molecule has 1 amide bonds. The number of amides is 1. The molecule has 0 spiro atoms. The molecule has 1 aromatic heterocycles. The van der Waals surface area contributed by atoms with Gasteiger partial charge in [-0.25, -0.2) is 4.98 Å². The summed E-state index contributed by atoms with van der Waals surface area (Å²) < 4.78 is 0. The van der Waals surface area contributed by atoms with Crippen LogP contribution < -0.4 is 5.32 Å². The first-order valence-electron chi connectivity index (χ1n) is 8.16. The minimum absolute atomic E-state index is 0.0742. The van der Waals surface area contributed by atoms with Crippen LogP contribution in [0.1, 0.15) is 26.3 Å². The number of aromatic amines is 1. The molecular formula is C21H15N3O2. The van der Waals surface area contributed by atoms with Crippen LogP contribution in [0, 0.1) is 0 Å². The number of nitrogens with one attached hydrogen (secondary N) is 2. The zero-order chi connectivity index (χ0) is 17.9. The number of anilines is 1. The van der Waals surface area contributed by atoms with E-state index in [1.54, 1.807) is 36.4 Å². The Labute approximate surface area is 149 Å². The van der Waals surface area contributed by atoms with Crippen molar-refractivity contribution in [2.75, 3.05) is 5.32 Å². The second-order valence-electron chi connectivity index (χ2n) is 5.83. The largest absolute Gasteiger partial charge is 0.324 e. The van der Waals surface area contributed by atoms with Gasteiger partial charge in [-0.05, 0) is 24.3 Å². The van der Waals surface area contributed by atoms with Crippen molar-refractivity contribution in [2.45, 2.75) is 0 Å². The molecule has 5 heteroatoms. The molecule has 0 radical (unpaired) electrons. The van der Waals surface area contributed by atoms with Crippen LogP contribution in [0.25, 0.3) is 11.0 Å². The van der Waals surface area contributed by atoms with Crippen LogP contribution in [-0.4, -0.2) is 21.7 Å². The molecule has 0 bridgehead atoms. The molecule has 0 aliphatic carbocycles. The van der Waals surface area contributed by atoms with Crippen molar-refractivity contribution in [3.8, 4) is 0 Å². The van der Waals surface area contributed by atoms with E-state index in [1.165, 1.54) is 0 Å². The van der Waals surface area contributed by atoms with Crippen molar-refractivity contribution >= 4 is 28.7 Å². The number of fused-ring (bicyclic) bond motifs is 1. The number of benzene rings is 3. The monoisotopic (exact) mass is 341 g/mol. The molecule has 0 saturated carbocycles. The van der Waals surface area contributed by atoms with Gasteiger partial charge >= 0.3 is 0 Å².